The maximum atomic E-state index is 13.0. The number of nitrogens with zero attached hydrogens (tertiary/aromatic N) is 2. The van der Waals surface area contributed by atoms with Crippen LogP contribution in [0.5, 0.6) is 0 Å². The minimum Gasteiger partial charge on any atom is -0.378 e. The minimum absolute atomic E-state index is 0.0136. The molecule has 1 aliphatic rings. The van der Waals surface area contributed by atoms with E-state index in [-0.39, 0.29) is 17.7 Å². The maximum Gasteiger partial charge on any atom is 0.257 e. The van der Waals surface area contributed by atoms with Crippen molar-refractivity contribution in [2.75, 3.05) is 24.3 Å². The zero-order valence-corrected chi connectivity index (χ0v) is 20.7. The van der Waals surface area contributed by atoms with Crippen molar-refractivity contribution in [2.24, 2.45) is 0 Å². The number of carbonyl (C=O) groups excluding carboxylic acids is 2. The lowest BCUT2D eigenvalue weighted by Gasteiger charge is -2.20. The molecule has 5 rings (SSSR count). The summed E-state index contributed by atoms with van der Waals surface area (Å²) in [4.78, 5) is 33.7. The van der Waals surface area contributed by atoms with E-state index in [1.165, 1.54) is 11.3 Å². The van der Waals surface area contributed by atoms with E-state index in [4.69, 9.17) is 0 Å². The fourth-order valence-electron chi connectivity index (χ4n) is 4.45. The smallest absolute Gasteiger partial charge is 0.257 e. The van der Waals surface area contributed by atoms with Crippen LogP contribution in [0.15, 0.2) is 66.7 Å². The number of amides is 2. The lowest BCUT2D eigenvalue weighted by atomic mass is 9.90. The van der Waals surface area contributed by atoms with E-state index in [1.807, 2.05) is 85.7 Å². The summed E-state index contributed by atoms with van der Waals surface area (Å²) in [5, 5.41) is 8.68. The van der Waals surface area contributed by atoms with Gasteiger partial charge in [-0.2, -0.15) is 0 Å². The predicted octanol–water partition coefficient (Wildman–Crippen LogP) is 5.35. The Morgan fingerprint density at radius 3 is 2.57 bits per heavy atom. The maximum absolute atomic E-state index is 13.0. The highest BCUT2D eigenvalue weighted by Crippen LogP contribution is 2.37. The summed E-state index contributed by atoms with van der Waals surface area (Å²) < 4.78 is 0. The fourth-order valence-corrected chi connectivity index (χ4v) is 5.51. The topological polar surface area (TPSA) is 74.3 Å². The Morgan fingerprint density at radius 1 is 1.03 bits per heavy atom. The number of benzene rings is 3. The van der Waals surface area contributed by atoms with Crippen LogP contribution in [0.25, 0.3) is 10.8 Å². The van der Waals surface area contributed by atoms with Crippen LogP contribution in [0.4, 0.5) is 10.8 Å². The summed E-state index contributed by atoms with van der Waals surface area (Å²) in [6, 6.07) is 21.8. The quantitative estimate of drug-likeness (QED) is 0.387. The summed E-state index contributed by atoms with van der Waals surface area (Å²) in [6.07, 6.45) is 2.58. The minimum atomic E-state index is -0.289. The molecular weight excluding hydrogens is 456 g/mol. The molecule has 7 heteroatoms. The molecule has 0 aliphatic heterocycles. The summed E-state index contributed by atoms with van der Waals surface area (Å²) in [6.45, 7) is 0.480. The Balaban J connectivity index is 1.26. The Hall–Kier alpha value is -3.71. The number of hydrogen-bond acceptors (Lipinski definition) is 5. The van der Waals surface area contributed by atoms with Gasteiger partial charge in [0.05, 0.1) is 11.6 Å². The molecule has 35 heavy (non-hydrogen) atoms. The van der Waals surface area contributed by atoms with Crippen LogP contribution in [0, 0.1) is 0 Å². The van der Waals surface area contributed by atoms with Crippen molar-refractivity contribution < 1.29 is 9.59 Å². The Kier molecular flexibility index (Phi) is 6.51. The second kappa shape index (κ2) is 9.88. The number of nitrogens with one attached hydrogen (secondary N) is 2. The SMILES string of the molecule is CN(C)c1ccc(CNC(=O)C2CCCc3sc(NC(=O)c4ccc5ccccc5c4)nc32)cc1. The van der Waals surface area contributed by atoms with Gasteiger partial charge in [0.2, 0.25) is 5.91 Å². The third kappa shape index (κ3) is 5.05. The van der Waals surface area contributed by atoms with Gasteiger partial charge in [-0.05, 0) is 59.9 Å². The lowest BCUT2D eigenvalue weighted by molar-refractivity contribution is -0.123. The van der Waals surface area contributed by atoms with Crippen LogP contribution in [-0.2, 0) is 17.8 Å². The van der Waals surface area contributed by atoms with Crippen molar-refractivity contribution in [1.82, 2.24) is 10.3 Å². The highest BCUT2D eigenvalue weighted by molar-refractivity contribution is 7.16. The lowest BCUT2D eigenvalue weighted by Crippen LogP contribution is -2.31. The van der Waals surface area contributed by atoms with Crippen molar-refractivity contribution in [2.45, 2.75) is 31.7 Å². The Labute approximate surface area is 209 Å². The monoisotopic (exact) mass is 484 g/mol. The average Bonchev–Trinajstić information content (AvgIpc) is 3.29. The first-order chi connectivity index (χ1) is 17.0. The van der Waals surface area contributed by atoms with Gasteiger partial charge in [-0.1, -0.05) is 42.5 Å². The number of hydrogen-bond donors (Lipinski definition) is 2. The van der Waals surface area contributed by atoms with Crippen molar-refractivity contribution in [3.63, 3.8) is 0 Å². The summed E-state index contributed by atoms with van der Waals surface area (Å²) in [5.41, 5.74) is 3.57. The first-order valence-electron chi connectivity index (χ1n) is 11.8. The second-order valence-electron chi connectivity index (χ2n) is 9.07. The van der Waals surface area contributed by atoms with E-state index in [9.17, 15) is 9.59 Å². The molecule has 0 spiro atoms. The number of aromatic nitrogens is 1. The van der Waals surface area contributed by atoms with Gasteiger partial charge in [0.25, 0.3) is 5.91 Å². The molecule has 1 heterocycles. The first kappa shape index (κ1) is 23.1. The van der Waals surface area contributed by atoms with Crippen LogP contribution in [0.1, 0.15) is 45.3 Å². The molecule has 0 fully saturated rings. The van der Waals surface area contributed by atoms with Crippen LogP contribution in [0.3, 0.4) is 0 Å². The third-order valence-corrected chi connectivity index (χ3v) is 7.47. The zero-order chi connectivity index (χ0) is 24.4. The highest BCUT2D eigenvalue weighted by Gasteiger charge is 2.30. The molecule has 1 aromatic heterocycles. The molecule has 0 saturated heterocycles. The summed E-state index contributed by atoms with van der Waals surface area (Å²) in [7, 11) is 4.01. The van der Waals surface area contributed by atoms with Crippen LogP contribution in [0.2, 0.25) is 0 Å². The van der Waals surface area contributed by atoms with Crippen molar-refractivity contribution in [3.8, 4) is 0 Å². The largest absolute Gasteiger partial charge is 0.378 e. The van der Waals surface area contributed by atoms with Crippen molar-refractivity contribution in [1.29, 1.82) is 0 Å². The van der Waals surface area contributed by atoms with Crippen molar-refractivity contribution in [3.05, 3.63) is 88.4 Å². The Bertz CT molecular complexity index is 1380. The van der Waals surface area contributed by atoms with E-state index in [0.717, 1.165) is 51.9 Å². The molecule has 1 aliphatic carbocycles. The van der Waals surface area contributed by atoms with E-state index in [1.54, 1.807) is 0 Å². The highest BCUT2D eigenvalue weighted by atomic mass is 32.1. The number of carbonyl (C=O) groups is 2. The predicted molar refractivity (Wildman–Crippen MR) is 142 cm³/mol. The molecule has 0 saturated carbocycles. The second-order valence-corrected chi connectivity index (χ2v) is 10.2. The average molecular weight is 485 g/mol. The molecule has 0 radical (unpaired) electrons. The fraction of sp³-hybridized carbons (Fsp3) is 0.250. The molecule has 0 bridgehead atoms. The molecular formula is C28H28N4O2S. The molecule has 2 N–H and O–H groups in total. The molecule has 3 aromatic carbocycles. The molecule has 1 unspecified atom stereocenters. The van der Waals surface area contributed by atoms with Gasteiger partial charge in [-0.15, -0.1) is 11.3 Å². The van der Waals surface area contributed by atoms with E-state index in [0.29, 0.717) is 17.2 Å². The van der Waals surface area contributed by atoms with Gasteiger partial charge in [0, 0.05) is 36.8 Å². The van der Waals surface area contributed by atoms with Crippen molar-refractivity contribution >= 4 is 44.7 Å². The third-order valence-electron chi connectivity index (χ3n) is 6.42. The number of aryl methyl sites for hydroxylation is 1. The van der Waals surface area contributed by atoms with Gasteiger partial charge in [0.15, 0.2) is 5.13 Å². The van der Waals surface area contributed by atoms with Gasteiger partial charge in [-0.25, -0.2) is 4.98 Å². The molecule has 2 amide bonds. The van der Waals surface area contributed by atoms with E-state index >= 15 is 0 Å². The Morgan fingerprint density at radius 2 is 1.80 bits per heavy atom. The number of fused-ring (bicyclic) bond motifs is 2. The van der Waals surface area contributed by atoms with E-state index < -0.39 is 0 Å². The van der Waals surface area contributed by atoms with Gasteiger partial charge in [0.1, 0.15) is 0 Å². The van der Waals surface area contributed by atoms with E-state index in [2.05, 4.69) is 15.6 Å². The zero-order valence-electron chi connectivity index (χ0n) is 19.9. The number of rotatable bonds is 6. The summed E-state index contributed by atoms with van der Waals surface area (Å²) >= 11 is 1.47. The molecule has 4 aromatic rings. The summed E-state index contributed by atoms with van der Waals surface area (Å²) in [5.74, 6) is -0.494. The first-order valence-corrected chi connectivity index (χ1v) is 12.6. The normalized spacial score (nSPS) is 14.9. The molecule has 178 valence electrons. The van der Waals surface area contributed by atoms with Crippen LogP contribution >= 0.6 is 11.3 Å². The van der Waals surface area contributed by atoms with Gasteiger partial charge >= 0.3 is 0 Å². The standard InChI is InChI=1S/C28H28N4O2S/c1-32(2)22-14-10-18(11-15-22)17-29-27(34)23-8-5-9-24-25(23)30-28(35-24)31-26(33)21-13-12-19-6-3-4-7-20(19)16-21/h3-4,6-7,10-16,23H,5,8-9,17H2,1-2H3,(H,29,34)(H,30,31,33). The number of anilines is 2. The molecule has 1 atom stereocenters. The molecule has 6 nitrogen and oxygen atoms in total. The van der Waals surface area contributed by atoms with Gasteiger partial charge in [-0.3, -0.25) is 14.9 Å². The number of thiazole rings is 1. The van der Waals surface area contributed by atoms with Crippen LogP contribution < -0.4 is 15.5 Å². The van der Waals surface area contributed by atoms with Gasteiger partial charge < -0.3 is 10.2 Å². The van der Waals surface area contributed by atoms with Crippen LogP contribution in [-0.4, -0.2) is 30.9 Å².